The summed E-state index contributed by atoms with van der Waals surface area (Å²) in [5, 5.41) is 0. The van der Waals surface area contributed by atoms with Crippen LogP contribution in [0.15, 0.2) is 31.4 Å². The maximum atomic E-state index is 3.99. The fourth-order valence-electron chi connectivity index (χ4n) is 1.78. The second-order valence-corrected chi connectivity index (χ2v) is 3.73. The Hall–Kier alpha value is -1.56. The summed E-state index contributed by atoms with van der Waals surface area (Å²) in [7, 11) is 0. The van der Waals surface area contributed by atoms with Crippen LogP contribution < -0.4 is 0 Å². The van der Waals surface area contributed by atoms with E-state index in [0.29, 0.717) is 0 Å². The van der Waals surface area contributed by atoms with Gasteiger partial charge in [0.2, 0.25) is 0 Å². The molecule has 1 rings (SSSR count). The highest BCUT2D eigenvalue weighted by atomic mass is 14.1. The van der Waals surface area contributed by atoms with Crippen molar-refractivity contribution in [3.05, 3.63) is 53.6 Å². The van der Waals surface area contributed by atoms with E-state index in [9.17, 15) is 0 Å². The van der Waals surface area contributed by atoms with E-state index in [-0.39, 0.29) is 7.43 Å². The lowest BCUT2D eigenvalue weighted by Gasteiger charge is -2.11. The van der Waals surface area contributed by atoms with Crippen LogP contribution in [0.2, 0.25) is 0 Å². The Bertz CT molecular complexity index is 420. The first-order valence-corrected chi connectivity index (χ1v) is 5.16. The Morgan fingerprint density at radius 1 is 1.31 bits per heavy atom. The summed E-state index contributed by atoms with van der Waals surface area (Å²) in [6.07, 6.45) is 6.07. The van der Waals surface area contributed by atoms with Crippen LogP contribution in [0.1, 0.15) is 43.5 Å². The first-order valence-electron chi connectivity index (χ1n) is 5.16. The molecule has 0 saturated heterocycles. The second-order valence-electron chi connectivity index (χ2n) is 3.73. The van der Waals surface area contributed by atoms with Crippen LogP contribution in [0.3, 0.4) is 0 Å². The van der Waals surface area contributed by atoms with Gasteiger partial charge in [-0.05, 0) is 43.0 Å². The van der Waals surface area contributed by atoms with Gasteiger partial charge in [-0.25, -0.2) is 0 Å². The van der Waals surface area contributed by atoms with E-state index in [4.69, 9.17) is 0 Å². The van der Waals surface area contributed by atoms with Gasteiger partial charge in [-0.15, -0.1) is 0 Å². The zero-order chi connectivity index (χ0) is 11.4. The van der Waals surface area contributed by atoms with Gasteiger partial charge in [0.05, 0.1) is 0 Å². The van der Waals surface area contributed by atoms with Gasteiger partial charge in [-0.2, -0.15) is 0 Å². The Kier molecular flexibility index (Phi) is 5.52. The number of hydrogen-bond acceptors (Lipinski definition) is 0. The van der Waals surface area contributed by atoms with E-state index in [2.05, 4.69) is 44.4 Å². The minimum Gasteiger partial charge on any atom is -0.0984 e. The molecule has 0 unspecified atom stereocenters. The molecule has 1 aromatic rings. The monoisotopic (exact) mass is 214 g/mol. The van der Waals surface area contributed by atoms with Gasteiger partial charge < -0.3 is 0 Å². The van der Waals surface area contributed by atoms with Gasteiger partial charge in [0.25, 0.3) is 0 Å². The molecule has 0 radical (unpaired) electrons. The minimum absolute atomic E-state index is 0. The average Bonchev–Trinajstić information content (AvgIpc) is 2.20. The van der Waals surface area contributed by atoms with Gasteiger partial charge in [-0.3, -0.25) is 0 Å². The number of hydrogen-bond donors (Lipinski definition) is 0. The second kappa shape index (κ2) is 6.12. The molecule has 86 valence electrons. The van der Waals surface area contributed by atoms with Crippen molar-refractivity contribution in [1.29, 1.82) is 0 Å². The summed E-state index contributed by atoms with van der Waals surface area (Å²) < 4.78 is 0. The highest BCUT2D eigenvalue weighted by Crippen LogP contribution is 2.25. The average molecular weight is 214 g/mol. The standard InChI is InChI=1S/C15H18.CH4/c1-6-8-15-12(5)14(11(3)4)10-9-13(15)7-2;/h6-10H,2-3H2,1,4-5H3;1H4/b8-6-;. The van der Waals surface area contributed by atoms with Crippen molar-refractivity contribution in [3.63, 3.8) is 0 Å². The van der Waals surface area contributed by atoms with Crippen molar-refractivity contribution in [2.75, 3.05) is 0 Å². The molecule has 0 fully saturated rings. The molecule has 16 heavy (non-hydrogen) atoms. The summed E-state index contributed by atoms with van der Waals surface area (Å²) >= 11 is 0. The highest BCUT2D eigenvalue weighted by molar-refractivity contribution is 5.75. The molecule has 0 amide bonds. The molecule has 0 spiro atoms. The first kappa shape index (κ1) is 14.4. The zero-order valence-corrected chi connectivity index (χ0v) is 9.80. The Labute approximate surface area is 100 Å². The van der Waals surface area contributed by atoms with Gasteiger partial charge in [0.15, 0.2) is 0 Å². The molecule has 0 aliphatic heterocycles. The van der Waals surface area contributed by atoms with E-state index in [1.165, 1.54) is 22.3 Å². The molecule has 0 aromatic heterocycles. The third-order valence-corrected chi connectivity index (χ3v) is 2.56. The summed E-state index contributed by atoms with van der Waals surface area (Å²) in [6.45, 7) is 14.0. The van der Waals surface area contributed by atoms with E-state index >= 15 is 0 Å². The third-order valence-electron chi connectivity index (χ3n) is 2.56. The Morgan fingerprint density at radius 3 is 2.38 bits per heavy atom. The number of rotatable bonds is 3. The normalized spacial score (nSPS) is 9.94. The first-order chi connectivity index (χ1) is 7.11. The SMILES string of the molecule is C.C=Cc1ccc(C(=C)C)c(C)c1/C=C\C. The molecule has 0 bridgehead atoms. The molecule has 0 heteroatoms. The molecule has 0 aliphatic carbocycles. The molecule has 0 atom stereocenters. The third kappa shape index (κ3) is 2.73. The predicted molar refractivity (Wildman–Crippen MR) is 77.4 cm³/mol. The van der Waals surface area contributed by atoms with Crippen LogP contribution in [0.5, 0.6) is 0 Å². The molecule has 1 aromatic carbocycles. The maximum Gasteiger partial charge on any atom is -0.0152 e. The lowest BCUT2D eigenvalue weighted by Crippen LogP contribution is -1.92. The van der Waals surface area contributed by atoms with Crippen LogP contribution in [0, 0.1) is 6.92 Å². The smallest absolute Gasteiger partial charge is 0.0152 e. The van der Waals surface area contributed by atoms with Crippen LogP contribution in [-0.2, 0) is 0 Å². The number of allylic oxidation sites excluding steroid dienone is 2. The molecule has 0 aliphatic rings. The fraction of sp³-hybridized carbons (Fsp3) is 0.250. The van der Waals surface area contributed by atoms with Crippen molar-refractivity contribution < 1.29 is 0 Å². The Balaban J connectivity index is 0.00000225. The molecular formula is C16H22. The summed E-state index contributed by atoms with van der Waals surface area (Å²) in [5.74, 6) is 0. The molecule has 0 heterocycles. The van der Waals surface area contributed by atoms with Crippen LogP contribution in [0.25, 0.3) is 17.7 Å². The van der Waals surface area contributed by atoms with Gasteiger partial charge in [-0.1, -0.05) is 56.5 Å². The van der Waals surface area contributed by atoms with Gasteiger partial charge >= 0.3 is 0 Å². The van der Waals surface area contributed by atoms with Crippen molar-refractivity contribution >= 4 is 17.7 Å². The van der Waals surface area contributed by atoms with Crippen molar-refractivity contribution in [2.24, 2.45) is 0 Å². The molecule has 0 nitrogen and oxygen atoms in total. The zero-order valence-electron chi connectivity index (χ0n) is 9.80. The largest absolute Gasteiger partial charge is 0.0984 e. The van der Waals surface area contributed by atoms with Crippen molar-refractivity contribution in [1.82, 2.24) is 0 Å². The summed E-state index contributed by atoms with van der Waals surface area (Å²) in [5.41, 5.74) is 6.03. The summed E-state index contributed by atoms with van der Waals surface area (Å²) in [4.78, 5) is 0. The predicted octanol–water partition coefficient (Wildman–Crippen LogP) is 5.34. The molecule has 0 N–H and O–H groups in total. The topological polar surface area (TPSA) is 0 Å². The summed E-state index contributed by atoms with van der Waals surface area (Å²) in [6, 6.07) is 4.21. The van der Waals surface area contributed by atoms with Crippen LogP contribution in [0.4, 0.5) is 0 Å². The lowest BCUT2D eigenvalue weighted by molar-refractivity contribution is 1.38. The van der Waals surface area contributed by atoms with Gasteiger partial charge in [0, 0.05) is 0 Å². The lowest BCUT2D eigenvalue weighted by atomic mass is 9.93. The quantitative estimate of drug-likeness (QED) is 0.637. The van der Waals surface area contributed by atoms with E-state index < -0.39 is 0 Å². The van der Waals surface area contributed by atoms with Crippen molar-refractivity contribution in [2.45, 2.75) is 28.2 Å². The highest BCUT2D eigenvalue weighted by Gasteiger charge is 2.05. The minimum atomic E-state index is 0. The number of benzene rings is 1. The molecular weight excluding hydrogens is 192 g/mol. The maximum absolute atomic E-state index is 3.99. The van der Waals surface area contributed by atoms with E-state index in [1.807, 2.05) is 19.9 Å². The van der Waals surface area contributed by atoms with E-state index in [0.717, 1.165) is 5.57 Å². The van der Waals surface area contributed by atoms with Crippen LogP contribution >= 0.6 is 0 Å². The fourth-order valence-corrected chi connectivity index (χ4v) is 1.78. The van der Waals surface area contributed by atoms with Crippen LogP contribution in [-0.4, -0.2) is 0 Å². The molecule has 0 saturated carbocycles. The van der Waals surface area contributed by atoms with Gasteiger partial charge in [0.1, 0.15) is 0 Å². The van der Waals surface area contributed by atoms with E-state index in [1.54, 1.807) is 0 Å². The van der Waals surface area contributed by atoms with Crippen molar-refractivity contribution in [3.8, 4) is 0 Å². The Morgan fingerprint density at radius 2 is 1.94 bits per heavy atom.